The summed E-state index contributed by atoms with van der Waals surface area (Å²) in [6.07, 6.45) is 0. The summed E-state index contributed by atoms with van der Waals surface area (Å²) in [6, 6.07) is 0. The van der Waals surface area contributed by atoms with Crippen LogP contribution in [0, 0.1) is 0 Å². The Hall–Kier alpha value is -1.24. The molecule has 0 radical (unpaired) electrons. The van der Waals surface area contributed by atoms with Gasteiger partial charge in [-0.05, 0) is 0 Å². The average Bonchev–Trinajstić information content (AvgIpc) is 1.84. The number of hydrogen-bond donors (Lipinski definition) is 1. The van der Waals surface area contributed by atoms with Gasteiger partial charge in [-0.3, -0.25) is 0 Å². The fourth-order valence-corrected chi connectivity index (χ4v) is 0.0630. The summed E-state index contributed by atoms with van der Waals surface area (Å²) < 4.78 is 21.0. The molecule has 0 rings (SSSR count). The smallest absolute Gasteiger partial charge is 0.344 e. The first kappa shape index (κ1) is 10.7. The molecule has 0 fully saturated rings. The molecule has 0 aliphatic rings. The van der Waals surface area contributed by atoms with E-state index in [1.807, 2.05) is 0 Å². The Labute approximate surface area is 47.9 Å². The Bertz CT molecular complexity index is 101. The van der Waals surface area contributed by atoms with E-state index in [1.54, 1.807) is 0 Å². The van der Waals surface area contributed by atoms with Crippen molar-refractivity contribution < 1.29 is 28.5 Å². The van der Waals surface area contributed by atoms with Crippen LogP contribution in [-0.4, -0.2) is 11.9 Å². The van der Waals surface area contributed by atoms with E-state index in [1.165, 1.54) is 0 Å². The number of carbonyl (C=O) groups excluding carboxylic acids is 2. The second-order valence-electron chi connectivity index (χ2n) is 0.729. The highest BCUT2D eigenvalue weighted by Crippen LogP contribution is 1.83. The molecule has 5 nitrogen and oxygen atoms in total. The van der Waals surface area contributed by atoms with Crippen molar-refractivity contribution in [3.63, 3.8) is 0 Å². The quantitative estimate of drug-likeness (QED) is 0.482. The Morgan fingerprint density at radius 1 is 1.00 bits per heavy atom. The molecule has 0 aromatic carbocycles. The highest BCUT2D eigenvalue weighted by Gasteiger charge is 2.18. The lowest BCUT2D eigenvalue weighted by Crippen LogP contribution is -2.13. The SMILES string of the molecule is N.O=C(OF)C(=O)OF. The predicted octanol–water partition coefficient (Wildman–Crippen LogP) is 0.00380. The van der Waals surface area contributed by atoms with Crippen molar-refractivity contribution in [1.29, 1.82) is 0 Å². The van der Waals surface area contributed by atoms with E-state index in [2.05, 4.69) is 9.88 Å². The van der Waals surface area contributed by atoms with Crippen molar-refractivity contribution in [3.05, 3.63) is 0 Å². The van der Waals surface area contributed by atoms with E-state index < -0.39 is 11.9 Å². The van der Waals surface area contributed by atoms with Crippen LogP contribution in [0.3, 0.4) is 0 Å². The summed E-state index contributed by atoms with van der Waals surface area (Å²) in [6.45, 7) is 0. The highest BCUT2D eigenvalue weighted by atomic mass is 19.3. The minimum absolute atomic E-state index is 0. The fraction of sp³-hybridized carbons (Fsp3) is 0. The summed E-state index contributed by atoms with van der Waals surface area (Å²) in [5.74, 6) is -4.04. The van der Waals surface area contributed by atoms with Gasteiger partial charge in [-0.15, -0.1) is 0 Å². The third-order valence-electron chi connectivity index (χ3n) is 0.307. The number of rotatable bonds is 0. The van der Waals surface area contributed by atoms with Crippen LogP contribution < -0.4 is 6.15 Å². The van der Waals surface area contributed by atoms with Crippen LogP contribution in [0.5, 0.6) is 0 Å². The molecule has 0 aliphatic carbocycles. The van der Waals surface area contributed by atoms with Gasteiger partial charge in [-0.2, -0.15) is 0 Å². The van der Waals surface area contributed by atoms with Gasteiger partial charge in [0.05, 0.1) is 0 Å². The van der Waals surface area contributed by atoms with Gasteiger partial charge >= 0.3 is 11.9 Å². The van der Waals surface area contributed by atoms with Crippen LogP contribution in [0.15, 0.2) is 0 Å². The van der Waals surface area contributed by atoms with E-state index in [4.69, 9.17) is 0 Å². The van der Waals surface area contributed by atoms with E-state index in [0.29, 0.717) is 0 Å². The summed E-state index contributed by atoms with van der Waals surface area (Å²) in [4.78, 5) is 23.4. The zero-order valence-corrected chi connectivity index (χ0v) is 4.10. The van der Waals surface area contributed by atoms with Gasteiger partial charge in [0.2, 0.25) is 0 Å². The summed E-state index contributed by atoms with van der Waals surface area (Å²) in [5, 5.41) is 0. The molecule has 0 bridgehead atoms. The van der Waals surface area contributed by atoms with Crippen LogP contribution in [-0.2, 0) is 19.5 Å². The largest absolute Gasteiger partial charge is 0.459 e. The normalized spacial score (nSPS) is 6.89. The van der Waals surface area contributed by atoms with Crippen molar-refractivity contribution in [1.82, 2.24) is 6.15 Å². The molecule has 0 spiro atoms. The standard InChI is InChI=1S/C2F2O4.H3N/c3-7-1(5)2(6)8-4;/h;1H3. The van der Waals surface area contributed by atoms with Crippen molar-refractivity contribution in [3.8, 4) is 0 Å². The molecule has 0 atom stereocenters. The van der Waals surface area contributed by atoms with Gasteiger partial charge in [0.1, 0.15) is 0 Å². The van der Waals surface area contributed by atoms with Crippen LogP contribution in [0.1, 0.15) is 0 Å². The molecule has 3 N–H and O–H groups in total. The average molecular weight is 143 g/mol. The summed E-state index contributed by atoms with van der Waals surface area (Å²) >= 11 is 0. The maximum atomic E-state index is 10.5. The first-order chi connectivity index (χ1) is 3.72. The summed E-state index contributed by atoms with van der Waals surface area (Å²) in [5.41, 5.74) is 0. The van der Waals surface area contributed by atoms with E-state index in [0.717, 1.165) is 0 Å². The van der Waals surface area contributed by atoms with E-state index in [-0.39, 0.29) is 6.15 Å². The molecule has 0 unspecified atom stereocenters. The van der Waals surface area contributed by atoms with Crippen LogP contribution in [0.25, 0.3) is 0 Å². The van der Waals surface area contributed by atoms with E-state index >= 15 is 0 Å². The van der Waals surface area contributed by atoms with Gasteiger partial charge in [0, 0.05) is 9.05 Å². The maximum absolute atomic E-state index is 10.5. The lowest BCUT2D eigenvalue weighted by molar-refractivity contribution is -0.212. The zero-order valence-electron chi connectivity index (χ0n) is 4.10. The molecule has 54 valence electrons. The van der Waals surface area contributed by atoms with Crippen LogP contribution >= 0.6 is 0 Å². The highest BCUT2D eigenvalue weighted by molar-refractivity contribution is 6.29. The van der Waals surface area contributed by atoms with Gasteiger partial charge in [0.25, 0.3) is 0 Å². The second-order valence-corrected chi connectivity index (χ2v) is 0.729. The number of halogens is 2. The molecular weight excluding hydrogens is 140 g/mol. The van der Waals surface area contributed by atoms with Crippen molar-refractivity contribution in [2.45, 2.75) is 0 Å². The van der Waals surface area contributed by atoms with Gasteiger partial charge in [-0.1, -0.05) is 0 Å². The third-order valence-corrected chi connectivity index (χ3v) is 0.307. The Kier molecular flexibility index (Phi) is 5.83. The van der Waals surface area contributed by atoms with Gasteiger partial charge in [-0.25, -0.2) is 19.5 Å². The molecule has 0 amide bonds. The van der Waals surface area contributed by atoms with Gasteiger partial charge < -0.3 is 6.15 Å². The molecule has 0 aliphatic heterocycles. The molecule has 7 heteroatoms. The molecule has 0 saturated heterocycles. The monoisotopic (exact) mass is 143 g/mol. The predicted molar refractivity (Wildman–Crippen MR) is 19.4 cm³/mol. The number of hydrogen-bond acceptors (Lipinski definition) is 5. The van der Waals surface area contributed by atoms with Crippen molar-refractivity contribution in [2.75, 3.05) is 0 Å². The Morgan fingerprint density at radius 3 is 1.33 bits per heavy atom. The Morgan fingerprint density at radius 2 is 1.22 bits per heavy atom. The molecular formula is C2H3F2NO4. The molecule has 0 aromatic rings. The summed E-state index contributed by atoms with van der Waals surface area (Å²) in [7, 11) is 0. The lowest BCUT2D eigenvalue weighted by atomic mass is 10.7. The van der Waals surface area contributed by atoms with Crippen molar-refractivity contribution >= 4 is 11.9 Å². The molecule has 0 heterocycles. The van der Waals surface area contributed by atoms with Gasteiger partial charge in [0.15, 0.2) is 0 Å². The minimum atomic E-state index is -2.02. The maximum Gasteiger partial charge on any atom is 0.459 e. The first-order valence-electron chi connectivity index (χ1n) is 1.38. The van der Waals surface area contributed by atoms with E-state index in [9.17, 15) is 18.6 Å². The molecule has 0 saturated carbocycles. The Balaban J connectivity index is 0. The fourth-order valence-electron chi connectivity index (χ4n) is 0.0630. The minimum Gasteiger partial charge on any atom is -0.344 e. The van der Waals surface area contributed by atoms with Crippen LogP contribution in [0.2, 0.25) is 0 Å². The number of carbonyl (C=O) groups is 2. The lowest BCUT2D eigenvalue weighted by Gasteiger charge is -1.82. The topological polar surface area (TPSA) is 87.6 Å². The second kappa shape index (κ2) is 4.91. The van der Waals surface area contributed by atoms with Crippen LogP contribution in [0.4, 0.5) is 9.05 Å². The zero-order chi connectivity index (χ0) is 6.57. The van der Waals surface area contributed by atoms with Crippen molar-refractivity contribution in [2.24, 2.45) is 0 Å². The third kappa shape index (κ3) is 3.35. The first-order valence-corrected chi connectivity index (χ1v) is 1.38. The molecule has 0 aromatic heterocycles. The molecule has 9 heavy (non-hydrogen) atoms.